The van der Waals surface area contributed by atoms with Gasteiger partial charge in [0.1, 0.15) is 0 Å². The van der Waals surface area contributed by atoms with E-state index >= 15 is 0 Å². The highest BCUT2D eigenvalue weighted by Gasteiger charge is 2.25. The molecule has 8 heteroatoms. The number of anilines is 1. The number of halogens is 3. The minimum atomic E-state index is -4.10. The maximum atomic E-state index is 11.8. The van der Waals surface area contributed by atoms with E-state index in [0.717, 1.165) is 0 Å². The van der Waals surface area contributed by atoms with Crippen LogP contribution in [-0.4, -0.2) is 28.8 Å². The van der Waals surface area contributed by atoms with Crippen molar-refractivity contribution in [3.63, 3.8) is 0 Å². The van der Waals surface area contributed by atoms with Crippen molar-refractivity contribution in [3.05, 3.63) is 11.1 Å². The van der Waals surface area contributed by atoms with Gasteiger partial charge in [0.05, 0.1) is 12.1 Å². The molecule has 0 bridgehead atoms. The summed E-state index contributed by atoms with van der Waals surface area (Å²) in [6.45, 7) is 0.399. The van der Waals surface area contributed by atoms with Crippen molar-refractivity contribution in [2.45, 2.75) is 31.9 Å². The first kappa shape index (κ1) is 14.7. The van der Waals surface area contributed by atoms with E-state index in [-0.39, 0.29) is 12.8 Å². The second-order valence-electron chi connectivity index (χ2n) is 3.71. The van der Waals surface area contributed by atoms with Crippen LogP contribution < -0.4 is 5.32 Å². The summed E-state index contributed by atoms with van der Waals surface area (Å²) in [6, 6.07) is 0. The van der Waals surface area contributed by atoms with E-state index in [1.165, 1.54) is 11.3 Å². The zero-order chi connectivity index (χ0) is 13.6. The van der Waals surface area contributed by atoms with Gasteiger partial charge in [-0.2, -0.15) is 13.2 Å². The predicted molar refractivity (Wildman–Crippen MR) is 61.8 cm³/mol. The number of carboxylic acid groups (broad SMARTS) is 1. The number of unbranched alkanes of at least 4 members (excludes halogenated alkanes) is 1. The minimum absolute atomic E-state index is 0.0733. The van der Waals surface area contributed by atoms with Crippen molar-refractivity contribution < 1.29 is 23.1 Å². The molecule has 1 aromatic heterocycles. The van der Waals surface area contributed by atoms with Gasteiger partial charge in [0.25, 0.3) is 0 Å². The fraction of sp³-hybridized carbons (Fsp3) is 0.600. The highest BCUT2D eigenvalue weighted by molar-refractivity contribution is 7.13. The highest BCUT2D eigenvalue weighted by Crippen LogP contribution is 2.22. The van der Waals surface area contributed by atoms with Gasteiger partial charge in [0.15, 0.2) is 5.13 Å². The first-order valence-electron chi connectivity index (χ1n) is 5.33. The Bertz CT molecular complexity index is 393. The van der Waals surface area contributed by atoms with Crippen LogP contribution in [0.1, 0.15) is 25.0 Å². The number of nitrogens with one attached hydrogen (secondary N) is 1. The third-order valence-electron chi connectivity index (χ3n) is 2.05. The summed E-state index contributed by atoms with van der Waals surface area (Å²) in [5.74, 6) is -0.961. The largest absolute Gasteiger partial charge is 0.481 e. The smallest absolute Gasteiger partial charge is 0.389 e. The van der Waals surface area contributed by atoms with Crippen LogP contribution >= 0.6 is 11.3 Å². The number of carbonyl (C=O) groups is 1. The van der Waals surface area contributed by atoms with Crippen molar-refractivity contribution in [2.75, 3.05) is 11.9 Å². The SMILES string of the molecule is O=C(O)Cc1csc(NCCCCC(F)(F)F)n1. The number of hydrogen-bond acceptors (Lipinski definition) is 4. The average molecular weight is 282 g/mol. The Kier molecular flexibility index (Phi) is 5.39. The monoisotopic (exact) mass is 282 g/mol. The Morgan fingerprint density at radius 2 is 2.17 bits per heavy atom. The third-order valence-corrected chi connectivity index (χ3v) is 2.90. The number of carboxylic acids is 1. The molecule has 4 nitrogen and oxygen atoms in total. The van der Waals surface area contributed by atoms with Gasteiger partial charge in [-0.1, -0.05) is 0 Å². The molecule has 1 aromatic rings. The summed E-state index contributed by atoms with van der Waals surface area (Å²) >= 11 is 1.25. The van der Waals surface area contributed by atoms with E-state index in [0.29, 0.717) is 23.8 Å². The van der Waals surface area contributed by atoms with Crippen molar-refractivity contribution in [3.8, 4) is 0 Å². The van der Waals surface area contributed by atoms with Gasteiger partial charge in [-0.15, -0.1) is 11.3 Å². The van der Waals surface area contributed by atoms with Crippen molar-refractivity contribution >= 4 is 22.4 Å². The summed E-state index contributed by atoms with van der Waals surface area (Å²) < 4.78 is 35.5. The maximum absolute atomic E-state index is 11.8. The van der Waals surface area contributed by atoms with Crippen LogP contribution in [0.3, 0.4) is 0 Å². The summed E-state index contributed by atoms with van der Waals surface area (Å²) in [6.07, 6.45) is -4.56. The van der Waals surface area contributed by atoms with Gasteiger partial charge < -0.3 is 10.4 Å². The standard InChI is InChI=1S/C10H13F3N2O2S/c11-10(12,13)3-1-2-4-14-9-15-7(6-18-9)5-8(16)17/h6H,1-5H2,(H,14,15)(H,16,17). The summed E-state index contributed by atoms with van der Waals surface area (Å²) in [5, 5.41) is 13.6. The van der Waals surface area contributed by atoms with E-state index in [4.69, 9.17) is 5.11 Å². The molecule has 102 valence electrons. The molecule has 2 N–H and O–H groups in total. The van der Waals surface area contributed by atoms with Crippen LogP contribution in [0.5, 0.6) is 0 Å². The normalized spacial score (nSPS) is 11.5. The molecule has 1 rings (SSSR count). The third kappa shape index (κ3) is 6.43. The predicted octanol–water partition coefficient (Wildman–Crippen LogP) is 2.91. The summed E-state index contributed by atoms with van der Waals surface area (Å²) in [4.78, 5) is 14.4. The number of rotatable bonds is 7. The van der Waals surface area contributed by atoms with E-state index in [2.05, 4.69) is 10.3 Å². The first-order chi connectivity index (χ1) is 8.37. The molecular formula is C10H13F3N2O2S. The maximum Gasteiger partial charge on any atom is 0.389 e. The van der Waals surface area contributed by atoms with Crippen molar-refractivity contribution in [1.29, 1.82) is 0 Å². The molecule has 0 saturated heterocycles. The zero-order valence-electron chi connectivity index (χ0n) is 9.46. The quantitative estimate of drug-likeness (QED) is 0.755. The van der Waals surface area contributed by atoms with Crippen LogP contribution in [0.4, 0.5) is 18.3 Å². The molecule has 1 heterocycles. The topological polar surface area (TPSA) is 62.2 Å². The Morgan fingerprint density at radius 1 is 1.44 bits per heavy atom. The molecule has 18 heavy (non-hydrogen) atoms. The molecule has 0 saturated carbocycles. The second-order valence-corrected chi connectivity index (χ2v) is 4.57. The lowest BCUT2D eigenvalue weighted by molar-refractivity contribution is -0.136. The fourth-order valence-electron chi connectivity index (χ4n) is 1.27. The van der Waals surface area contributed by atoms with Gasteiger partial charge in [0, 0.05) is 18.3 Å². The number of aliphatic carboxylic acids is 1. The number of alkyl halides is 3. The fourth-order valence-corrected chi connectivity index (χ4v) is 2.01. The molecule has 0 unspecified atom stereocenters. The van der Waals surface area contributed by atoms with Crippen LogP contribution in [0.15, 0.2) is 5.38 Å². The van der Waals surface area contributed by atoms with E-state index in [9.17, 15) is 18.0 Å². The highest BCUT2D eigenvalue weighted by atomic mass is 32.1. The number of aromatic nitrogens is 1. The lowest BCUT2D eigenvalue weighted by Gasteiger charge is -2.05. The van der Waals surface area contributed by atoms with Crippen LogP contribution in [0.2, 0.25) is 0 Å². The lowest BCUT2D eigenvalue weighted by Crippen LogP contribution is -2.08. The van der Waals surface area contributed by atoms with Gasteiger partial charge in [-0.25, -0.2) is 4.98 Å². The van der Waals surface area contributed by atoms with E-state index in [1.807, 2.05) is 0 Å². The molecule has 0 atom stereocenters. The molecular weight excluding hydrogens is 269 g/mol. The second kappa shape index (κ2) is 6.58. The van der Waals surface area contributed by atoms with Crippen molar-refractivity contribution in [1.82, 2.24) is 4.98 Å². The molecule has 0 radical (unpaired) electrons. The van der Waals surface area contributed by atoms with E-state index in [1.54, 1.807) is 5.38 Å². The number of nitrogens with zero attached hydrogens (tertiary/aromatic N) is 1. The van der Waals surface area contributed by atoms with Gasteiger partial charge >= 0.3 is 12.1 Å². The molecule has 0 amide bonds. The molecule has 0 aliphatic heterocycles. The molecule has 0 spiro atoms. The zero-order valence-corrected chi connectivity index (χ0v) is 10.3. The molecule has 0 aliphatic rings. The van der Waals surface area contributed by atoms with Crippen LogP contribution in [0, 0.1) is 0 Å². The van der Waals surface area contributed by atoms with Crippen LogP contribution in [0.25, 0.3) is 0 Å². The Balaban J connectivity index is 2.19. The Hall–Kier alpha value is -1.31. The average Bonchev–Trinajstić information content (AvgIpc) is 2.62. The van der Waals surface area contributed by atoms with E-state index < -0.39 is 18.6 Å². The van der Waals surface area contributed by atoms with Gasteiger partial charge in [0.2, 0.25) is 0 Å². The number of thiazole rings is 1. The Morgan fingerprint density at radius 3 is 2.78 bits per heavy atom. The Labute approximate surface area is 106 Å². The molecule has 0 aromatic carbocycles. The van der Waals surface area contributed by atoms with Gasteiger partial charge in [-0.05, 0) is 12.8 Å². The molecule has 0 fully saturated rings. The number of hydrogen-bond donors (Lipinski definition) is 2. The van der Waals surface area contributed by atoms with Crippen LogP contribution in [-0.2, 0) is 11.2 Å². The summed E-state index contributed by atoms with van der Waals surface area (Å²) in [5.41, 5.74) is 0.449. The van der Waals surface area contributed by atoms with Gasteiger partial charge in [-0.3, -0.25) is 4.79 Å². The first-order valence-corrected chi connectivity index (χ1v) is 6.21. The minimum Gasteiger partial charge on any atom is -0.481 e. The van der Waals surface area contributed by atoms with Crippen molar-refractivity contribution in [2.24, 2.45) is 0 Å². The lowest BCUT2D eigenvalue weighted by atomic mass is 10.2. The summed E-state index contributed by atoms with van der Waals surface area (Å²) in [7, 11) is 0. The molecule has 0 aliphatic carbocycles.